The van der Waals surface area contributed by atoms with Crippen molar-refractivity contribution in [2.45, 2.75) is 20.5 Å². The monoisotopic (exact) mass is 536 g/mol. The lowest BCUT2D eigenvalue weighted by molar-refractivity contribution is -0.384. The number of carbonyl (C=O) groups excluding carboxylic acids is 1. The second-order valence-corrected chi connectivity index (χ2v) is 8.72. The summed E-state index contributed by atoms with van der Waals surface area (Å²) >= 11 is 3.36. The second-order valence-electron chi connectivity index (χ2n) is 7.81. The average Bonchev–Trinajstić information content (AvgIpc) is 3.30. The molecule has 0 saturated heterocycles. The minimum atomic E-state index is -0.557. The van der Waals surface area contributed by atoms with Gasteiger partial charge in [0.15, 0.2) is 5.76 Å². The van der Waals surface area contributed by atoms with E-state index >= 15 is 0 Å². The predicted octanol–water partition coefficient (Wildman–Crippen LogP) is 7.19. The summed E-state index contributed by atoms with van der Waals surface area (Å²) in [5.41, 5.74) is 1.85. The first kappa shape index (κ1) is 24.0. The zero-order valence-corrected chi connectivity index (χ0v) is 20.5. The third-order valence-electron chi connectivity index (χ3n) is 5.01. The Hall–Kier alpha value is -4.11. The highest BCUT2D eigenvalue weighted by molar-refractivity contribution is 9.10. The number of anilines is 1. The van der Waals surface area contributed by atoms with E-state index in [0.29, 0.717) is 17.3 Å². The van der Waals surface area contributed by atoms with Crippen molar-refractivity contribution in [3.63, 3.8) is 0 Å². The van der Waals surface area contributed by atoms with Gasteiger partial charge in [-0.3, -0.25) is 14.9 Å². The van der Waals surface area contributed by atoms with Crippen LogP contribution in [0.4, 0.5) is 11.4 Å². The van der Waals surface area contributed by atoms with E-state index in [1.165, 1.54) is 24.3 Å². The predicted molar refractivity (Wildman–Crippen MR) is 134 cm³/mol. The van der Waals surface area contributed by atoms with Crippen molar-refractivity contribution in [3.05, 3.63) is 110 Å². The average molecular weight is 537 g/mol. The molecular formula is C26H21BrN2O6. The van der Waals surface area contributed by atoms with Crippen LogP contribution in [0.2, 0.25) is 0 Å². The summed E-state index contributed by atoms with van der Waals surface area (Å²) in [6, 6.07) is 20.2. The lowest BCUT2D eigenvalue weighted by Crippen LogP contribution is -2.11. The van der Waals surface area contributed by atoms with E-state index < -0.39 is 10.8 Å². The summed E-state index contributed by atoms with van der Waals surface area (Å²) in [6.45, 7) is 3.94. The van der Waals surface area contributed by atoms with Crippen LogP contribution in [0, 0.1) is 24.0 Å². The van der Waals surface area contributed by atoms with Crippen molar-refractivity contribution in [1.29, 1.82) is 0 Å². The number of benzene rings is 3. The molecule has 1 N–H and O–H groups in total. The maximum atomic E-state index is 12.7. The molecular weight excluding hydrogens is 516 g/mol. The number of nitrogens with one attached hydrogen (secondary N) is 1. The standard InChI is InChI=1S/C26H21BrN2O6/c1-16-3-4-17(2)25(11-16)35-23-13-19(12-20(14-23)29(31)32)28-26(30)24-10-9-22(34-24)15-33-21-7-5-18(27)6-8-21/h3-14H,15H2,1-2H3,(H,28,30). The van der Waals surface area contributed by atoms with Crippen molar-refractivity contribution in [1.82, 2.24) is 0 Å². The second kappa shape index (κ2) is 10.4. The van der Waals surface area contributed by atoms with Crippen LogP contribution in [0.15, 0.2) is 81.7 Å². The Labute approximate surface area is 209 Å². The number of ether oxygens (including phenoxy) is 2. The fraction of sp³-hybridized carbons (Fsp3) is 0.115. The van der Waals surface area contributed by atoms with Crippen LogP contribution in [0.3, 0.4) is 0 Å². The first-order valence-electron chi connectivity index (χ1n) is 10.6. The van der Waals surface area contributed by atoms with Crippen LogP contribution in [-0.4, -0.2) is 10.8 Å². The number of furan rings is 1. The van der Waals surface area contributed by atoms with E-state index in [0.717, 1.165) is 15.6 Å². The van der Waals surface area contributed by atoms with E-state index in [4.69, 9.17) is 13.9 Å². The fourth-order valence-corrected chi connectivity index (χ4v) is 3.48. The van der Waals surface area contributed by atoms with Crippen LogP contribution in [0.1, 0.15) is 27.4 Å². The van der Waals surface area contributed by atoms with Crippen molar-refractivity contribution < 1.29 is 23.6 Å². The normalized spacial score (nSPS) is 10.6. The number of carbonyl (C=O) groups is 1. The summed E-state index contributed by atoms with van der Waals surface area (Å²) in [6.07, 6.45) is 0. The van der Waals surface area contributed by atoms with Crippen LogP contribution in [0.25, 0.3) is 0 Å². The van der Waals surface area contributed by atoms with Crippen molar-refractivity contribution >= 4 is 33.2 Å². The maximum Gasteiger partial charge on any atom is 0.291 e. The Balaban J connectivity index is 1.48. The lowest BCUT2D eigenvalue weighted by Gasteiger charge is -2.11. The molecule has 0 bridgehead atoms. The Morgan fingerprint density at radius 2 is 1.77 bits per heavy atom. The smallest absolute Gasteiger partial charge is 0.291 e. The number of aryl methyl sites for hydroxylation is 2. The molecule has 3 aromatic carbocycles. The minimum absolute atomic E-state index is 0.0444. The summed E-state index contributed by atoms with van der Waals surface area (Å²) in [4.78, 5) is 23.6. The molecule has 9 heteroatoms. The summed E-state index contributed by atoms with van der Waals surface area (Å²) in [5, 5.41) is 14.1. The van der Waals surface area contributed by atoms with Gasteiger partial charge in [-0.1, -0.05) is 28.1 Å². The van der Waals surface area contributed by atoms with Crippen LogP contribution >= 0.6 is 15.9 Å². The quantitative estimate of drug-likeness (QED) is 0.189. The molecule has 0 aliphatic carbocycles. The molecule has 1 aromatic heterocycles. The molecule has 1 amide bonds. The van der Waals surface area contributed by atoms with Gasteiger partial charge in [-0.05, 0) is 67.4 Å². The highest BCUT2D eigenvalue weighted by atomic mass is 79.9. The van der Waals surface area contributed by atoms with Gasteiger partial charge < -0.3 is 19.2 Å². The van der Waals surface area contributed by atoms with Gasteiger partial charge in [0.2, 0.25) is 0 Å². The number of nitrogens with zero attached hydrogens (tertiary/aromatic N) is 1. The van der Waals surface area contributed by atoms with Crippen molar-refractivity contribution in [2.75, 3.05) is 5.32 Å². The Kier molecular flexibility index (Phi) is 7.17. The van der Waals surface area contributed by atoms with Crippen LogP contribution in [-0.2, 0) is 6.61 Å². The van der Waals surface area contributed by atoms with Crippen LogP contribution in [0.5, 0.6) is 17.2 Å². The SMILES string of the molecule is Cc1ccc(C)c(Oc2cc(NC(=O)c3ccc(COc4ccc(Br)cc4)o3)cc([N+](=O)[O-])c2)c1. The summed E-state index contributed by atoms with van der Waals surface area (Å²) in [5.74, 6) is 1.40. The number of rotatable bonds is 8. The molecule has 178 valence electrons. The fourth-order valence-electron chi connectivity index (χ4n) is 3.22. The Morgan fingerprint density at radius 1 is 1.00 bits per heavy atom. The highest BCUT2D eigenvalue weighted by Gasteiger charge is 2.17. The molecule has 0 fully saturated rings. The third-order valence-corrected chi connectivity index (χ3v) is 5.54. The molecule has 4 rings (SSSR count). The number of nitro groups is 1. The topological polar surface area (TPSA) is 104 Å². The molecule has 4 aromatic rings. The first-order chi connectivity index (χ1) is 16.8. The van der Waals surface area contributed by atoms with Crippen molar-refractivity contribution in [2.24, 2.45) is 0 Å². The van der Waals surface area contributed by atoms with E-state index in [1.807, 2.05) is 44.2 Å². The maximum absolute atomic E-state index is 12.7. The number of non-ortho nitro benzene ring substituents is 1. The van der Waals surface area contributed by atoms with Gasteiger partial charge in [0, 0.05) is 16.6 Å². The molecule has 35 heavy (non-hydrogen) atoms. The van der Waals surface area contributed by atoms with Gasteiger partial charge in [0.25, 0.3) is 11.6 Å². The van der Waals surface area contributed by atoms with Gasteiger partial charge in [0.05, 0.1) is 16.7 Å². The highest BCUT2D eigenvalue weighted by Crippen LogP contribution is 2.32. The zero-order chi connectivity index (χ0) is 24.9. The Bertz CT molecular complexity index is 1380. The zero-order valence-electron chi connectivity index (χ0n) is 18.9. The van der Waals surface area contributed by atoms with Gasteiger partial charge in [-0.2, -0.15) is 0 Å². The molecule has 1 heterocycles. The molecule has 0 atom stereocenters. The van der Waals surface area contributed by atoms with E-state index in [2.05, 4.69) is 21.2 Å². The largest absolute Gasteiger partial charge is 0.486 e. The number of hydrogen-bond acceptors (Lipinski definition) is 6. The lowest BCUT2D eigenvalue weighted by atomic mass is 10.1. The third kappa shape index (κ3) is 6.27. The minimum Gasteiger partial charge on any atom is -0.486 e. The Morgan fingerprint density at radius 3 is 2.51 bits per heavy atom. The molecule has 0 aliphatic heterocycles. The van der Waals surface area contributed by atoms with Gasteiger partial charge in [0.1, 0.15) is 29.6 Å². The number of nitro benzene ring substituents is 1. The van der Waals surface area contributed by atoms with E-state index in [9.17, 15) is 14.9 Å². The molecule has 0 aliphatic rings. The van der Waals surface area contributed by atoms with E-state index in [-0.39, 0.29) is 29.5 Å². The van der Waals surface area contributed by atoms with Gasteiger partial charge in [-0.25, -0.2) is 0 Å². The molecule has 0 spiro atoms. The molecule has 8 nitrogen and oxygen atoms in total. The molecule has 0 unspecified atom stereocenters. The number of amides is 1. The molecule has 0 saturated carbocycles. The number of halogens is 1. The summed E-state index contributed by atoms with van der Waals surface area (Å²) in [7, 11) is 0. The van der Waals surface area contributed by atoms with Crippen molar-refractivity contribution in [3.8, 4) is 17.2 Å². The summed E-state index contributed by atoms with van der Waals surface area (Å²) < 4.78 is 18.1. The number of hydrogen-bond donors (Lipinski definition) is 1. The van der Waals surface area contributed by atoms with Gasteiger partial charge in [-0.15, -0.1) is 0 Å². The first-order valence-corrected chi connectivity index (χ1v) is 11.4. The van der Waals surface area contributed by atoms with Crippen LogP contribution < -0.4 is 14.8 Å². The molecule has 0 radical (unpaired) electrons. The van der Waals surface area contributed by atoms with E-state index in [1.54, 1.807) is 18.2 Å². The van der Waals surface area contributed by atoms with Gasteiger partial charge >= 0.3 is 0 Å².